The summed E-state index contributed by atoms with van der Waals surface area (Å²) in [5, 5.41) is 13.1. The van der Waals surface area contributed by atoms with Gasteiger partial charge in [0, 0.05) is 0 Å². The molecule has 3 rings (SSSR count). The van der Waals surface area contributed by atoms with E-state index in [2.05, 4.69) is 93.6 Å². The molecule has 28 heavy (non-hydrogen) atoms. The summed E-state index contributed by atoms with van der Waals surface area (Å²) >= 11 is 0. The van der Waals surface area contributed by atoms with E-state index in [1.165, 1.54) is 46.7 Å². The molecule has 0 aromatic heterocycles. The van der Waals surface area contributed by atoms with E-state index in [-0.39, 0.29) is 0 Å². The van der Waals surface area contributed by atoms with Crippen LogP contribution in [0.5, 0.6) is 0 Å². The molecule has 1 heteroatoms. The van der Waals surface area contributed by atoms with Gasteiger partial charge in [-0.2, -0.15) is 0 Å². The predicted molar refractivity (Wildman–Crippen MR) is 122 cm³/mol. The molecule has 0 saturated carbocycles. The Morgan fingerprint density at radius 3 is 2.18 bits per heavy atom. The van der Waals surface area contributed by atoms with Crippen molar-refractivity contribution in [2.24, 2.45) is 0 Å². The van der Waals surface area contributed by atoms with Crippen molar-refractivity contribution in [3.8, 4) is 0 Å². The lowest BCUT2D eigenvalue weighted by molar-refractivity contribution is 0.181. The molecule has 3 aromatic carbocycles. The van der Waals surface area contributed by atoms with Crippen LogP contribution in [-0.2, 0) is 0 Å². The van der Waals surface area contributed by atoms with Crippen LogP contribution in [0.3, 0.4) is 0 Å². The highest BCUT2D eigenvalue weighted by Crippen LogP contribution is 2.27. The first-order valence-electron chi connectivity index (χ1n) is 10.6. The number of aryl methyl sites for hydroxylation is 1. The molecule has 0 fully saturated rings. The highest BCUT2D eigenvalue weighted by Gasteiger charge is 2.10. The average Bonchev–Trinajstić information content (AvgIpc) is 2.72. The number of fused-ring (bicyclic) bond motifs is 1. The Bertz CT molecular complexity index is 921. The van der Waals surface area contributed by atoms with E-state index in [9.17, 15) is 5.11 Å². The molecule has 0 heterocycles. The minimum absolute atomic E-state index is 0.461. The molecule has 146 valence electrons. The van der Waals surface area contributed by atoms with Crippen LogP contribution in [0.4, 0.5) is 0 Å². The van der Waals surface area contributed by atoms with E-state index in [1.807, 2.05) is 0 Å². The van der Waals surface area contributed by atoms with Gasteiger partial charge < -0.3 is 5.11 Å². The fraction of sp³-hybridized carbons (Fsp3) is 0.333. The monoisotopic (exact) mass is 372 g/mol. The van der Waals surface area contributed by atoms with E-state index < -0.39 is 6.10 Å². The molecule has 2 atom stereocenters. The standard InChI is InChI=1S/C27H32O/c1-4-9-21(5-2)22-14-16-23(17-15-22)27(28)13-8-12-24-19-26-11-7-6-10-25(26)18-20(24)3/h6-8,10-12,14-19,21,27-28H,4-5,9,13H2,1-3H3/b12-8-. The molecule has 0 amide bonds. The summed E-state index contributed by atoms with van der Waals surface area (Å²) in [5.74, 6) is 0.631. The predicted octanol–water partition coefficient (Wildman–Crippen LogP) is 7.58. The minimum Gasteiger partial charge on any atom is -0.388 e. The lowest BCUT2D eigenvalue weighted by atomic mass is 9.91. The first-order chi connectivity index (χ1) is 13.6. The first-order valence-corrected chi connectivity index (χ1v) is 10.6. The molecule has 0 radical (unpaired) electrons. The molecule has 1 N–H and O–H groups in total. The molecule has 0 saturated heterocycles. The topological polar surface area (TPSA) is 20.2 Å². The van der Waals surface area contributed by atoms with Crippen LogP contribution in [0.2, 0.25) is 0 Å². The molecule has 0 bridgehead atoms. The highest BCUT2D eigenvalue weighted by atomic mass is 16.3. The fourth-order valence-corrected chi connectivity index (χ4v) is 3.96. The smallest absolute Gasteiger partial charge is 0.0824 e. The largest absolute Gasteiger partial charge is 0.388 e. The Morgan fingerprint density at radius 2 is 1.54 bits per heavy atom. The number of aliphatic hydroxyl groups is 1. The zero-order valence-electron chi connectivity index (χ0n) is 17.4. The van der Waals surface area contributed by atoms with Crippen LogP contribution in [0.1, 0.15) is 73.8 Å². The minimum atomic E-state index is -0.461. The molecule has 0 aliphatic carbocycles. The van der Waals surface area contributed by atoms with Crippen molar-refractivity contribution in [1.82, 2.24) is 0 Å². The highest BCUT2D eigenvalue weighted by molar-refractivity contribution is 5.85. The maximum absolute atomic E-state index is 10.6. The third-order valence-corrected chi connectivity index (χ3v) is 5.71. The van der Waals surface area contributed by atoms with Crippen molar-refractivity contribution in [3.63, 3.8) is 0 Å². The quantitative estimate of drug-likeness (QED) is 0.432. The summed E-state index contributed by atoms with van der Waals surface area (Å²) in [6.07, 6.45) is 7.99. The van der Waals surface area contributed by atoms with Crippen molar-refractivity contribution in [1.29, 1.82) is 0 Å². The second-order valence-electron chi connectivity index (χ2n) is 7.77. The maximum atomic E-state index is 10.6. The lowest BCUT2D eigenvalue weighted by Gasteiger charge is -2.16. The van der Waals surface area contributed by atoms with Crippen LogP contribution in [0.25, 0.3) is 16.8 Å². The summed E-state index contributed by atoms with van der Waals surface area (Å²) in [6.45, 7) is 6.63. The van der Waals surface area contributed by atoms with Gasteiger partial charge in [-0.25, -0.2) is 0 Å². The molecular formula is C27H32O. The van der Waals surface area contributed by atoms with Gasteiger partial charge in [-0.3, -0.25) is 0 Å². The van der Waals surface area contributed by atoms with E-state index in [4.69, 9.17) is 0 Å². The van der Waals surface area contributed by atoms with Crippen molar-refractivity contribution < 1.29 is 5.11 Å². The Hall–Kier alpha value is -2.38. The summed E-state index contributed by atoms with van der Waals surface area (Å²) in [5.41, 5.74) is 4.86. The van der Waals surface area contributed by atoms with Crippen LogP contribution < -0.4 is 0 Å². The van der Waals surface area contributed by atoms with Crippen LogP contribution in [0.15, 0.2) is 66.7 Å². The van der Waals surface area contributed by atoms with E-state index in [0.717, 1.165) is 5.56 Å². The summed E-state index contributed by atoms with van der Waals surface area (Å²) in [4.78, 5) is 0. The van der Waals surface area contributed by atoms with Crippen molar-refractivity contribution in [2.45, 2.75) is 58.5 Å². The number of benzene rings is 3. The SMILES string of the molecule is CCCC(CC)c1ccc(C(O)C/C=C\c2cc3ccccc3cc2C)cc1. The molecule has 3 aromatic rings. The van der Waals surface area contributed by atoms with Gasteiger partial charge in [0.15, 0.2) is 0 Å². The van der Waals surface area contributed by atoms with Crippen LogP contribution >= 0.6 is 0 Å². The molecule has 0 spiro atoms. The second kappa shape index (κ2) is 9.71. The molecule has 2 unspecified atom stereocenters. The van der Waals surface area contributed by atoms with Crippen molar-refractivity contribution in [2.75, 3.05) is 0 Å². The van der Waals surface area contributed by atoms with Crippen LogP contribution in [-0.4, -0.2) is 5.11 Å². The first kappa shape index (κ1) is 20.4. The number of rotatable bonds is 8. The zero-order valence-corrected chi connectivity index (χ0v) is 17.4. The Kier molecular flexibility index (Phi) is 7.06. The Balaban J connectivity index is 1.66. The third-order valence-electron chi connectivity index (χ3n) is 5.71. The fourth-order valence-electron chi connectivity index (χ4n) is 3.96. The Labute approximate surface area is 169 Å². The van der Waals surface area contributed by atoms with Crippen molar-refractivity contribution >= 4 is 16.8 Å². The third kappa shape index (κ3) is 4.91. The number of aliphatic hydroxyl groups excluding tert-OH is 1. The molecule has 0 aliphatic heterocycles. The normalized spacial score (nSPS) is 13.9. The lowest BCUT2D eigenvalue weighted by Crippen LogP contribution is -1.99. The number of hydrogen-bond acceptors (Lipinski definition) is 1. The molecule has 1 nitrogen and oxygen atoms in total. The van der Waals surface area contributed by atoms with Gasteiger partial charge >= 0.3 is 0 Å². The van der Waals surface area contributed by atoms with Gasteiger partial charge in [0.05, 0.1) is 6.10 Å². The number of hydrogen-bond donors (Lipinski definition) is 1. The van der Waals surface area contributed by atoms with E-state index >= 15 is 0 Å². The summed E-state index contributed by atoms with van der Waals surface area (Å²) in [7, 11) is 0. The van der Waals surface area contributed by atoms with Crippen LogP contribution in [0, 0.1) is 6.92 Å². The summed E-state index contributed by atoms with van der Waals surface area (Å²) in [6, 6.07) is 21.5. The second-order valence-corrected chi connectivity index (χ2v) is 7.77. The average molecular weight is 373 g/mol. The molecular weight excluding hydrogens is 340 g/mol. The van der Waals surface area contributed by atoms with Gasteiger partial charge in [0.2, 0.25) is 0 Å². The van der Waals surface area contributed by atoms with Crippen molar-refractivity contribution in [3.05, 3.63) is 89.0 Å². The van der Waals surface area contributed by atoms with Gasteiger partial charge in [0.1, 0.15) is 0 Å². The van der Waals surface area contributed by atoms with E-state index in [0.29, 0.717) is 12.3 Å². The van der Waals surface area contributed by atoms with Gasteiger partial charge in [-0.1, -0.05) is 87.0 Å². The van der Waals surface area contributed by atoms with Gasteiger partial charge in [-0.05, 0) is 71.2 Å². The molecule has 0 aliphatic rings. The Morgan fingerprint density at radius 1 is 0.893 bits per heavy atom. The van der Waals surface area contributed by atoms with Gasteiger partial charge in [-0.15, -0.1) is 0 Å². The zero-order chi connectivity index (χ0) is 19.9. The van der Waals surface area contributed by atoms with Gasteiger partial charge in [0.25, 0.3) is 0 Å². The maximum Gasteiger partial charge on any atom is 0.0824 e. The summed E-state index contributed by atoms with van der Waals surface area (Å²) < 4.78 is 0. The van der Waals surface area contributed by atoms with E-state index in [1.54, 1.807) is 0 Å².